The number of pyridine rings is 1. The predicted octanol–water partition coefficient (Wildman–Crippen LogP) is 2.41. The number of amides is 2. The third-order valence-electron chi connectivity index (χ3n) is 5.61. The van der Waals surface area contributed by atoms with E-state index < -0.39 is 5.60 Å². The van der Waals surface area contributed by atoms with E-state index in [1.807, 2.05) is 32.6 Å². The molecule has 3 aliphatic rings. The summed E-state index contributed by atoms with van der Waals surface area (Å²) in [5.41, 5.74) is -0.154. The van der Waals surface area contributed by atoms with Crippen LogP contribution in [0.15, 0.2) is 6.07 Å². The topological polar surface area (TPSA) is 84.4 Å². The maximum atomic E-state index is 13.6. The van der Waals surface area contributed by atoms with E-state index in [-0.39, 0.29) is 35.8 Å². The molecular weight excluding hydrogens is 424 g/mol. The Labute approximate surface area is 187 Å². The maximum Gasteiger partial charge on any atom is 0.410 e. The molecule has 0 spiro atoms. The number of nitrogens with zero attached hydrogens (tertiary/aromatic N) is 4. The highest BCUT2D eigenvalue weighted by Gasteiger charge is 2.40. The number of rotatable bonds is 1. The van der Waals surface area contributed by atoms with Gasteiger partial charge in [0.1, 0.15) is 34.5 Å². The molecule has 0 saturated carbocycles. The van der Waals surface area contributed by atoms with Gasteiger partial charge in [0.05, 0.1) is 25.3 Å². The van der Waals surface area contributed by atoms with Crippen molar-refractivity contribution in [3.8, 4) is 5.75 Å². The fraction of sp³-hybridized carbons (Fsp3) is 0.667. The van der Waals surface area contributed by atoms with Crippen LogP contribution in [0.25, 0.3) is 0 Å². The number of morpholine rings is 1. The molecule has 2 saturated heterocycles. The number of piperazine rings is 1. The van der Waals surface area contributed by atoms with Gasteiger partial charge in [-0.25, -0.2) is 9.78 Å². The largest absolute Gasteiger partial charge is 0.490 e. The molecule has 0 N–H and O–H groups in total. The molecule has 0 unspecified atom stereocenters. The zero-order valence-electron chi connectivity index (χ0n) is 18.4. The van der Waals surface area contributed by atoms with E-state index >= 15 is 0 Å². The fourth-order valence-corrected chi connectivity index (χ4v) is 4.31. The molecule has 0 aliphatic carbocycles. The van der Waals surface area contributed by atoms with Crippen LogP contribution in [0.4, 0.5) is 10.6 Å². The minimum atomic E-state index is -0.577. The number of ether oxygens (including phenoxy) is 3. The minimum Gasteiger partial charge on any atom is -0.490 e. The quantitative estimate of drug-likeness (QED) is 0.605. The minimum absolute atomic E-state index is 0.0553. The van der Waals surface area contributed by atoms with Crippen molar-refractivity contribution in [1.82, 2.24) is 14.8 Å². The number of halogens is 1. The lowest BCUT2D eigenvalue weighted by Gasteiger charge is -2.40. The number of anilines is 1. The van der Waals surface area contributed by atoms with Gasteiger partial charge < -0.3 is 28.9 Å². The first-order valence-corrected chi connectivity index (χ1v) is 11.0. The van der Waals surface area contributed by atoms with E-state index in [1.165, 1.54) is 0 Å². The Morgan fingerprint density at radius 2 is 2.00 bits per heavy atom. The third kappa shape index (κ3) is 4.52. The number of carbonyl (C=O) groups is 2. The maximum absolute atomic E-state index is 13.6. The van der Waals surface area contributed by atoms with Gasteiger partial charge >= 0.3 is 6.09 Å². The molecule has 31 heavy (non-hydrogen) atoms. The van der Waals surface area contributed by atoms with Crippen LogP contribution in [-0.4, -0.2) is 90.5 Å². The molecule has 4 heterocycles. The first-order chi connectivity index (χ1) is 14.6. The van der Waals surface area contributed by atoms with Crippen molar-refractivity contribution < 1.29 is 23.8 Å². The van der Waals surface area contributed by atoms with Crippen LogP contribution in [0.3, 0.4) is 0 Å². The second-order valence-electron chi connectivity index (χ2n) is 9.15. The van der Waals surface area contributed by atoms with Crippen molar-refractivity contribution in [3.05, 3.63) is 16.8 Å². The van der Waals surface area contributed by atoms with Gasteiger partial charge in [0.25, 0.3) is 5.91 Å². The average Bonchev–Trinajstić information content (AvgIpc) is 2.83. The summed E-state index contributed by atoms with van der Waals surface area (Å²) in [6, 6.07) is 1.36. The predicted molar refractivity (Wildman–Crippen MR) is 115 cm³/mol. The molecule has 4 rings (SSSR count). The van der Waals surface area contributed by atoms with Gasteiger partial charge in [0, 0.05) is 32.2 Å². The Balaban J connectivity index is 1.61. The molecule has 2 atom stereocenters. The number of fused-ring (bicyclic) bond motifs is 2. The van der Waals surface area contributed by atoms with Gasteiger partial charge in [0.15, 0.2) is 0 Å². The Morgan fingerprint density at radius 3 is 2.71 bits per heavy atom. The lowest BCUT2D eigenvalue weighted by Crippen LogP contribution is -2.58. The smallest absolute Gasteiger partial charge is 0.410 e. The van der Waals surface area contributed by atoms with Gasteiger partial charge in [-0.1, -0.05) is 11.6 Å². The van der Waals surface area contributed by atoms with Crippen LogP contribution < -0.4 is 9.64 Å². The number of aromatic nitrogens is 1. The SMILES string of the molecule is C[C@H]1COCCN1c1nc(Cl)cc2c1C(=O)N1CCN(C(=O)OC(C)(C)C)C[C@@H]1CO2. The van der Waals surface area contributed by atoms with E-state index in [0.29, 0.717) is 56.5 Å². The van der Waals surface area contributed by atoms with E-state index in [0.717, 1.165) is 0 Å². The number of hydrogen-bond donors (Lipinski definition) is 0. The zero-order valence-corrected chi connectivity index (χ0v) is 19.1. The van der Waals surface area contributed by atoms with Crippen molar-refractivity contribution in [1.29, 1.82) is 0 Å². The van der Waals surface area contributed by atoms with Gasteiger partial charge in [-0.2, -0.15) is 0 Å². The number of carbonyl (C=O) groups excluding carboxylic acids is 2. The van der Waals surface area contributed by atoms with E-state index in [1.54, 1.807) is 15.9 Å². The molecule has 2 fully saturated rings. The summed E-state index contributed by atoms with van der Waals surface area (Å²) in [4.78, 5) is 36.1. The van der Waals surface area contributed by atoms with Crippen LogP contribution in [0, 0.1) is 0 Å². The van der Waals surface area contributed by atoms with Gasteiger partial charge in [-0.05, 0) is 27.7 Å². The van der Waals surface area contributed by atoms with Crippen molar-refractivity contribution >= 4 is 29.4 Å². The van der Waals surface area contributed by atoms with Crippen molar-refractivity contribution in [2.45, 2.75) is 45.4 Å². The summed E-state index contributed by atoms with van der Waals surface area (Å²) in [6.45, 7) is 10.7. The summed E-state index contributed by atoms with van der Waals surface area (Å²) in [7, 11) is 0. The second-order valence-corrected chi connectivity index (χ2v) is 9.54. The van der Waals surface area contributed by atoms with Gasteiger partial charge in [-0.3, -0.25) is 4.79 Å². The van der Waals surface area contributed by atoms with Crippen LogP contribution in [-0.2, 0) is 9.47 Å². The molecule has 0 bridgehead atoms. The first kappa shape index (κ1) is 22.0. The normalized spacial score (nSPS) is 24.2. The first-order valence-electron chi connectivity index (χ1n) is 10.6. The molecule has 0 aromatic carbocycles. The summed E-state index contributed by atoms with van der Waals surface area (Å²) < 4.78 is 17.1. The monoisotopic (exact) mass is 452 g/mol. The molecule has 9 nitrogen and oxygen atoms in total. The molecule has 2 amide bonds. The van der Waals surface area contributed by atoms with E-state index in [4.69, 9.17) is 25.8 Å². The van der Waals surface area contributed by atoms with Crippen LogP contribution >= 0.6 is 11.6 Å². The Morgan fingerprint density at radius 1 is 1.23 bits per heavy atom. The molecule has 10 heteroatoms. The molecular formula is C21H29ClN4O5. The Hall–Kier alpha value is -2.26. The van der Waals surface area contributed by atoms with Crippen LogP contribution in [0.2, 0.25) is 5.15 Å². The van der Waals surface area contributed by atoms with Crippen LogP contribution in [0.5, 0.6) is 5.75 Å². The zero-order chi connectivity index (χ0) is 22.3. The lowest BCUT2D eigenvalue weighted by molar-refractivity contribution is 0.000950. The van der Waals surface area contributed by atoms with Crippen molar-refractivity contribution in [2.24, 2.45) is 0 Å². The van der Waals surface area contributed by atoms with Crippen LogP contribution in [0.1, 0.15) is 38.1 Å². The molecule has 1 aromatic heterocycles. The summed E-state index contributed by atoms with van der Waals surface area (Å²) in [6.07, 6.45) is -0.381. The van der Waals surface area contributed by atoms with Crippen molar-refractivity contribution in [3.63, 3.8) is 0 Å². The number of hydrogen-bond acceptors (Lipinski definition) is 7. The van der Waals surface area contributed by atoms with Crippen molar-refractivity contribution in [2.75, 3.05) is 50.9 Å². The molecule has 0 radical (unpaired) electrons. The lowest BCUT2D eigenvalue weighted by atomic mass is 10.1. The Kier molecular flexibility index (Phi) is 5.91. The Bertz CT molecular complexity index is 874. The average molecular weight is 453 g/mol. The highest BCUT2D eigenvalue weighted by Crippen LogP contribution is 2.36. The molecule has 1 aromatic rings. The summed E-state index contributed by atoms with van der Waals surface area (Å²) in [5.74, 6) is 0.801. The second kappa shape index (κ2) is 8.35. The molecule has 170 valence electrons. The summed E-state index contributed by atoms with van der Waals surface area (Å²) >= 11 is 6.29. The van der Waals surface area contributed by atoms with Gasteiger partial charge in [0.2, 0.25) is 0 Å². The third-order valence-corrected chi connectivity index (χ3v) is 5.81. The highest BCUT2D eigenvalue weighted by molar-refractivity contribution is 6.30. The fourth-order valence-electron chi connectivity index (χ4n) is 4.13. The van der Waals surface area contributed by atoms with E-state index in [2.05, 4.69) is 4.98 Å². The van der Waals surface area contributed by atoms with Gasteiger partial charge in [-0.15, -0.1) is 0 Å². The van der Waals surface area contributed by atoms with E-state index in [9.17, 15) is 9.59 Å². The summed E-state index contributed by atoms with van der Waals surface area (Å²) in [5, 5.41) is 0.274. The molecule has 3 aliphatic heterocycles. The highest BCUT2D eigenvalue weighted by atomic mass is 35.5. The standard InChI is InChI=1S/C21H29ClN4O5/c1-13-11-29-8-7-25(13)18-17-15(9-16(22)23-18)30-12-14-10-24(5-6-26(14)19(17)27)20(28)31-21(2,3)4/h9,13-14H,5-8,10-12H2,1-4H3/t13-,14+/m0/s1.